The molecule has 0 fully saturated rings. The fourth-order valence-electron chi connectivity index (χ4n) is 1.41. The molecule has 0 aliphatic carbocycles. The Bertz CT molecular complexity index is 553. The van der Waals surface area contributed by atoms with Crippen LogP contribution in [0.2, 0.25) is 5.02 Å². The quantitative estimate of drug-likeness (QED) is 0.861. The number of rotatable bonds is 5. The average Bonchev–Trinajstić information content (AvgIpc) is 2.88. The van der Waals surface area contributed by atoms with E-state index in [4.69, 9.17) is 16.0 Å². The Balaban J connectivity index is 1.95. The van der Waals surface area contributed by atoms with Gasteiger partial charge in [0, 0.05) is 17.6 Å². The first-order valence-corrected chi connectivity index (χ1v) is 6.06. The average molecular weight is 281 g/mol. The fourth-order valence-corrected chi connectivity index (χ4v) is 1.53. The van der Waals surface area contributed by atoms with E-state index in [1.54, 1.807) is 31.3 Å². The van der Waals surface area contributed by atoms with E-state index in [1.807, 2.05) is 0 Å². The molecule has 1 aromatic carbocycles. The summed E-state index contributed by atoms with van der Waals surface area (Å²) in [5.41, 5.74) is 0.800. The molecule has 19 heavy (non-hydrogen) atoms. The maximum absolute atomic E-state index is 11.0. The number of hydrogen-bond donors (Lipinski definition) is 2. The summed E-state index contributed by atoms with van der Waals surface area (Å²) in [4.78, 5) is 11.0. The second-order valence-electron chi connectivity index (χ2n) is 3.78. The van der Waals surface area contributed by atoms with Gasteiger partial charge in [-0.1, -0.05) is 11.6 Å². The lowest BCUT2D eigenvalue weighted by Crippen LogP contribution is -2.31. The van der Waals surface area contributed by atoms with Gasteiger partial charge in [0.1, 0.15) is 0 Å². The number of amides is 1. The zero-order valence-corrected chi connectivity index (χ0v) is 11.1. The minimum absolute atomic E-state index is 0.0996. The van der Waals surface area contributed by atoms with Gasteiger partial charge in [0.15, 0.2) is 0 Å². The topological polar surface area (TPSA) is 80.0 Å². The van der Waals surface area contributed by atoms with Crippen LogP contribution in [0.3, 0.4) is 0 Å². The SMILES string of the molecule is CNC(=O)CNCc1nnc(-c2ccc(Cl)cc2)o1. The van der Waals surface area contributed by atoms with Crippen molar-refractivity contribution in [1.29, 1.82) is 0 Å². The third-order valence-electron chi connectivity index (χ3n) is 2.40. The largest absolute Gasteiger partial charge is 0.419 e. The normalized spacial score (nSPS) is 10.4. The zero-order valence-electron chi connectivity index (χ0n) is 10.3. The first kappa shape index (κ1) is 13.5. The number of benzene rings is 1. The van der Waals surface area contributed by atoms with Crippen molar-refractivity contribution < 1.29 is 9.21 Å². The Labute approximate surface area is 115 Å². The van der Waals surface area contributed by atoms with E-state index < -0.39 is 0 Å². The Hall–Kier alpha value is -1.92. The molecule has 0 saturated carbocycles. The van der Waals surface area contributed by atoms with Gasteiger partial charge in [-0.3, -0.25) is 10.1 Å². The van der Waals surface area contributed by atoms with Crippen molar-refractivity contribution in [3.05, 3.63) is 35.2 Å². The van der Waals surface area contributed by atoms with Crippen LogP contribution in [0.4, 0.5) is 0 Å². The van der Waals surface area contributed by atoms with Gasteiger partial charge < -0.3 is 9.73 Å². The van der Waals surface area contributed by atoms with Crippen LogP contribution in [0.25, 0.3) is 11.5 Å². The molecule has 6 nitrogen and oxygen atoms in total. The fraction of sp³-hybridized carbons (Fsp3) is 0.250. The van der Waals surface area contributed by atoms with Crippen LogP contribution in [0.1, 0.15) is 5.89 Å². The predicted octanol–water partition coefficient (Wildman–Crippen LogP) is 1.23. The molecular weight excluding hydrogens is 268 g/mol. The number of aromatic nitrogens is 2. The van der Waals surface area contributed by atoms with E-state index in [0.717, 1.165) is 5.56 Å². The van der Waals surface area contributed by atoms with Gasteiger partial charge in [0.05, 0.1) is 13.1 Å². The lowest BCUT2D eigenvalue weighted by atomic mass is 10.2. The Morgan fingerprint density at radius 1 is 1.32 bits per heavy atom. The molecule has 1 aromatic heterocycles. The number of halogens is 1. The third-order valence-corrected chi connectivity index (χ3v) is 2.65. The van der Waals surface area contributed by atoms with E-state index in [1.165, 1.54) is 0 Å². The number of hydrogen-bond acceptors (Lipinski definition) is 5. The summed E-state index contributed by atoms with van der Waals surface area (Å²) in [6.07, 6.45) is 0. The maximum atomic E-state index is 11.0. The van der Waals surface area contributed by atoms with Crippen molar-refractivity contribution in [2.75, 3.05) is 13.6 Å². The van der Waals surface area contributed by atoms with Crippen molar-refractivity contribution >= 4 is 17.5 Å². The molecule has 0 radical (unpaired) electrons. The summed E-state index contributed by atoms with van der Waals surface area (Å²) in [6.45, 7) is 0.545. The molecule has 0 unspecified atom stereocenters. The number of likely N-dealkylation sites (N-methyl/N-ethyl adjacent to an activating group) is 1. The Kier molecular flexibility index (Phi) is 4.48. The van der Waals surface area contributed by atoms with E-state index in [2.05, 4.69) is 20.8 Å². The number of carbonyl (C=O) groups excluding carboxylic acids is 1. The molecule has 0 saturated heterocycles. The van der Waals surface area contributed by atoms with E-state index >= 15 is 0 Å². The molecular formula is C12H13ClN4O2. The van der Waals surface area contributed by atoms with Gasteiger partial charge in [-0.25, -0.2) is 0 Å². The molecule has 1 amide bonds. The highest BCUT2D eigenvalue weighted by molar-refractivity contribution is 6.30. The second kappa shape index (κ2) is 6.31. The molecule has 0 aliphatic heterocycles. The molecule has 0 spiro atoms. The lowest BCUT2D eigenvalue weighted by Gasteiger charge is -1.99. The van der Waals surface area contributed by atoms with Crippen LogP contribution in [0, 0.1) is 0 Å². The minimum Gasteiger partial charge on any atom is -0.419 e. The van der Waals surface area contributed by atoms with Crippen molar-refractivity contribution in [3.8, 4) is 11.5 Å². The summed E-state index contributed by atoms with van der Waals surface area (Å²) < 4.78 is 5.47. The molecule has 2 rings (SSSR count). The molecule has 2 aromatic rings. The van der Waals surface area contributed by atoms with Gasteiger partial charge >= 0.3 is 0 Å². The van der Waals surface area contributed by atoms with Crippen molar-refractivity contribution in [1.82, 2.24) is 20.8 Å². The van der Waals surface area contributed by atoms with Crippen LogP contribution in [0.5, 0.6) is 0 Å². The monoisotopic (exact) mass is 280 g/mol. The summed E-state index contributed by atoms with van der Waals surface area (Å²) in [6, 6.07) is 7.12. The van der Waals surface area contributed by atoms with Crippen LogP contribution in [0.15, 0.2) is 28.7 Å². The summed E-state index contributed by atoms with van der Waals surface area (Å²) in [5, 5.41) is 13.9. The third kappa shape index (κ3) is 3.77. The number of nitrogens with one attached hydrogen (secondary N) is 2. The molecule has 1 heterocycles. The van der Waals surface area contributed by atoms with E-state index in [0.29, 0.717) is 23.3 Å². The van der Waals surface area contributed by atoms with Gasteiger partial charge in [-0.05, 0) is 24.3 Å². The maximum Gasteiger partial charge on any atom is 0.247 e. The predicted molar refractivity (Wildman–Crippen MR) is 70.5 cm³/mol. The van der Waals surface area contributed by atoms with Gasteiger partial charge in [0.2, 0.25) is 17.7 Å². The molecule has 0 aliphatic rings. The Morgan fingerprint density at radius 3 is 2.74 bits per heavy atom. The smallest absolute Gasteiger partial charge is 0.247 e. The second-order valence-corrected chi connectivity index (χ2v) is 4.22. The van der Waals surface area contributed by atoms with Crippen molar-refractivity contribution in [2.24, 2.45) is 0 Å². The Morgan fingerprint density at radius 2 is 2.05 bits per heavy atom. The molecule has 0 atom stereocenters. The summed E-state index contributed by atoms with van der Waals surface area (Å²) >= 11 is 5.80. The highest BCUT2D eigenvalue weighted by atomic mass is 35.5. The molecule has 0 bridgehead atoms. The summed E-state index contributed by atoms with van der Waals surface area (Å²) in [7, 11) is 1.58. The lowest BCUT2D eigenvalue weighted by molar-refractivity contribution is -0.119. The first-order valence-electron chi connectivity index (χ1n) is 5.68. The van der Waals surface area contributed by atoms with Crippen LogP contribution >= 0.6 is 11.6 Å². The first-order chi connectivity index (χ1) is 9.19. The van der Waals surface area contributed by atoms with Gasteiger partial charge in [0.25, 0.3) is 0 Å². The van der Waals surface area contributed by atoms with E-state index in [9.17, 15) is 4.79 Å². The van der Waals surface area contributed by atoms with Crippen molar-refractivity contribution in [3.63, 3.8) is 0 Å². The van der Waals surface area contributed by atoms with Gasteiger partial charge in [-0.2, -0.15) is 0 Å². The van der Waals surface area contributed by atoms with Crippen molar-refractivity contribution in [2.45, 2.75) is 6.54 Å². The van der Waals surface area contributed by atoms with Gasteiger partial charge in [-0.15, -0.1) is 10.2 Å². The molecule has 2 N–H and O–H groups in total. The van der Waals surface area contributed by atoms with Crippen LogP contribution < -0.4 is 10.6 Å². The molecule has 100 valence electrons. The number of nitrogens with zero attached hydrogens (tertiary/aromatic N) is 2. The van der Waals surface area contributed by atoms with Crippen LogP contribution in [-0.4, -0.2) is 29.7 Å². The molecule has 7 heteroatoms. The highest BCUT2D eigenvalue weighted by Gasteiger charge is 2.08. The van der Waals surface area contributed by atoms with E-state index in [-0.39, 0.29) is 12.5 Å². The summed E-state index contributed by atoms with van der Waals surface area (Å²) in [5.74, 6) is 0.750. The zero-order chi connectivity index (χ0) is 13.7. The highest BCUT2D eigenvalue weighted by Crippen LogP contribution is 2.19. The number of carbonyl (C=O) groups is 1. The minimum atomic E-state index is -0.0996. The standard InChI is InChI=1S/C12H13ClN4O2/c1-14-10(18)6-15-7-11-16-17-12(19-11)8-2-4-9(13)5-3-8/h2-5,15H,6-7H2,1H3,(H,14,18). The van der Waals surface area contributed by atoms with Crippen LogP contribution in [-0.2, 0) is 11.3 Å².